The maximum Gasteiger partial charge on any atom is 0.263 e. The summed E-state index contributed by atoms with van der Waals surface area (Å²) in [6.07, 6.45) is 0. The largest absolute Gasteiger partial charge is 0.355 e. The second kappa shape index (κ2) is 5.00. The minimum atomic E-state index is -3.55. The summed E-state index contributed by atoms with van der Waals surface area (Å²) in [5, 5.41) is 2.64. The van der Waals surface area contributed by atoms with E-state index in [4.69, 9.17) is 0 Å². The summed E-state index contributed by atoms with van der Waals surface area (Å²) >= 11 is 0. The van der Waals surface area contributed by atoms with Crippen LogP contribution in [0.1, 0.15) is 19.4 Å². The summed E-state index contributed by atoms with van der Waals surface area (Å²) < 4.78 is 26.1. The summed E-state index contributed by atoms with van der Waals surface area (Å²) in [6.45, 7) is 3.94. The Balaban J connectivity index is 2.36. The molecule has 0 bridgehead atoms. The zero-order valence-corrected chi connectivity index (χ0v) is 11.5. The fourth-order valence-corrected chi connectivity index (χ4v) is 3.04. The van der Waals surface area contributed by atoms with Crippen molar-refractivity contribution in [2.75, 3.05) is 6.54 Å². The van der Waals surface area contributed by atoms with Crippen LogP contribution in [-0.2, 0) is 14.8 Å². The predicted octanol–water partition coefficient (Wildman–Crippen LogP) is 0.250. The first-order chi connectivity index (χ1) is 8.95. The molecular formula is C12H15N3O3S. The van der Waals surface area contributed by atoms with E-state index in [1.54, 1.807) is 25.1 Å². The van der Waals surface area contributed by atoms with Gasteiger partial charge in [-0.05, 0) is 26.0 Å². The number of benzene rings is 1. The number of nitrogens with one attached hydrogen (secondary N) is 2. The second-order valence-corrected chi connectivity index (χ2v) is 5.80. The lowest BCUT2D eigenvalue weighted by Gasteiger charge is -2.07. The van der Waals surface area contributed by atoms with Crippen LogP contribution in [-0.4, -0.2) is 32.7 Å². The van der Waals surface area contributed by atoms with E-state index in [1.807, 2.05) is 6.92 Å². The Labute approximate surface area is 112 Å². The number of amidine groups is 1. The molecule has 0 radical (unpaired) electrons. The molecule has 0 saturated heterocycles. The number of carbonyl (C=O) groups excluding carboxylic acids is 1. The minimum absolute atomic E-state index is 0.192. The highest BCUT2D eigenvalue weighted by molar-refractivity contribution is 7.90. The zero-order valence-electron chi connectivity index (χ0n) is 10.7. The molecule has 1 aromatic carbocycles. The van der Waals surface area contributed by atoms with E-state index in [0.717, 1.165) is 0 Å². The van der Waals surface area contributed by atoms with Gasteiger partial charge in [-0.2, -0.15) is 0 Å². The van der Waals surface area contributed by atoms with Gasteiger partial charge in [-0.1, -0.05) is 12.1 Å². The van der Waals surface area contributed by atoms with Gasteiger partial charge in [-0.3, -0.25) is 14.5 Å². The van der Waals surface area contributed by atoms with Crippen molar-refractivity contribution in [2.24, 2.45) is 4.99 Å². The smallest absolute Gasteiger partial charge is 0.263 e. The Morgan fingerprint density at radius 1 is 1.42 bits per heavy atom. The van der Waals surface area contributed by atoms with Gasteiger partial charge in [0.1, 0.15) is 11.9 Å². The first-order valence-electron chi connectivity index (χ1n) is 5.93. The van der Waals surface area contributed by atoms with Crippen LogP contribution in [0.25, 0.3) is 0 Å². The lowest BCUT2D eigenvalue weighted by molar-refractivity contribution is -0.121. The minimum Gasteiger partial charge on any atom is -0.355 e. The van der Waals surface area contributed by atoms with Crippen LogP contribution >= 0.6 is 0 Å². The van der Waals surface area contributed by atoms with Gasteiger partial charge in [0.2, 0.25) is 5.91 Å². The number of hydrogen-bond donors (Lipinski definition) is 2. The summed E-state index contributed by atoms with van der Waals surface area (Å²) in [6, 6.07) is 5.90. The second-order valence-electron chi connectivity index (χ2n) is 4.15. The Morgan fingerprint density at radius 2 is 2.11 bits per heavy atom. The Kier molecular flexibility index (Phi) is 3.57. The average molecular weight is 281 g/mol. The number of hydrogen-bond acceptors (Lipinski definition) is 4. The molecule has 0 saturated carbocycles. The van der Waals surface area contributed by atoms with E-state index in [9.17, 15) is 13.2 Å². The molecule has 1 unspecified atom stereocenters. The first-order valence-corrected chi connectivity index (χ1v) is 7.41. The van der Waals surface area contributed by atoms with Crippen LogP contribution in [0.2, 0.25) is 0 Å². The maximum absolute atomic E-state index is 11.8. The first kappa shape index (κ1) is 13.5. The Bertz CT molecular complexity index is 637. The van der Waals surface area contributed by atoms with Crippen LogP contribution in [0.3, 0.4) is 0 Å². The van der Waals surface area contributed by atoms with Crippen molar-refractivity contribution in [3.05, 3.63) is 29.8 Å². The molecule has 1 amide bonds. The number of amides is 1. The molecule has 0 aromatic heterocycles. The van der Waals surface area contributed by atoms with Gasteiger partial charge in [0.25, 0.3) is 10.0 Å². The zero-order chi connectivity index (χ0) is 14.0. The number of carbonyl (C=O) groups is 1. The van der Waals surface area contributed by atoms with E-state index in [0.29, 0.717) is 12.1 Å². The molecular weight excluding hydrogens is 266 g/mol. The van der Waals surface area contributed by atoms with Crippen molar-refractivity contribution in [1.82, 2.24) is 10.0 Å². The van der Waals surface area contributed by atoms with E-state index >= 15 is 0 Å². The highest BCUT2D eigenvalue weighted by Crippen LogP contribution is 2.22. The SMILES string of the molecule is CCNC(=O)C(C)N=C1NS(=O)(=O)c2ccccc21. The lowest BCUT2D eigenvalue weighted by Crippen LogP contribution is -2.33. The summed E-state index contributed by atoms with van der Waals surface area (Å²) in [5.41, 5.74) is 0.499. The third kappa shape index (κ3) is 2.60. The molecule has 1 atom stereocenters. The third-order valence-corrected chi connectivity index (χ3v) is 4.11. The van der Waals surface area contributed by atoms with Crippen LogP contribution in [0, 0.1) is 0 Å². The van der Waals surface area contributed by atoms with Crippen molar-refractivity contribution in [3.8, 4) is 0 Å². The van der Waals surface area contributed by atoms with Gasteiger partial charge in [0.15, 0.2) is 0 Å². The Morgan fingerprint density at radius 3 is 2.79 bits per heavy atom. The van der Waals surface area contributed by atoms with E-state index in [2.05, 4.69) is 15.0 Å². The molecule has 2 N–H and O–H groups in total. The molecule has 1 aliphatic rings. The van der Waals surface area contributed by atoms with Gasteiger partial charge in [0, 0.05) is 12.1 Å². The number of sulfonamides is 1. The molecule has 0 fully saturated rings. The van der Waals surface area contributed by atoms with E-state index < -0.39 is 16.1 Å². The van der Waals surface area contributed by atoms with Crippen LogP contribution in [0.5, 0.6) is 0 Å². The molecule has 2 rings (SSSR count). The van der Waals surface area contributed by atoms with Crippen molar-refractivity contribution < 1.29 is 13.2 Å². The summed E-state index contributed by atoms with van der Waals surface area (Å²) in [7, 11) is -3.55. The molecule has 19 heavy (non-hydrogen) atoms. The van der Waals surface area contributed by atoms with Crippen molar-refractivity contribution in [2.45, 2.75) is 24.8 Å². The van der Waals surface area contributed by atoms with Crippen molar-refractivity contribution in [1.29, 1.82) is 0 Å². The quantitative estimate of drug-likeness (QED) is 0.832. The average Bonchev–Trinajstić information content (AvgIpc) is 2.62. The topological polar surface area (TPSA) is 87.6 Å². The molecule has 1 aliphatic heterocycles. The number of likely N-dealkylation sites (N-methyl/N-ethyl adjacent to an activating group) is 1. The van der Waals surface area contributed by atoms with Crippen LogP contribution < -0.4 is 10.0 Å². The normalized spacial score (nSPS) is 19.6. The molecule has 1 heterocycles. The molecule has 7 heteroatoms. The highest BCUT2D eigenvalue weighted by atomic mass is 32.2. The van der Waals surface area contributed by atoms with Crippen molar-refractivity contribution >= 4 is 21.8 Å². The molecule has 0 aliphatic carbocycles. The van der Waals surface area contributed by atoms with Crippen molar-refractivity contribution in [3.63, 3.8) is 0 Å². The number of fused-ring (bicyclic) bond motifs is 1. The summed E-state index contributed by atoms with van der Waals surface area (Å²) in [5.74, 6) is -0.0204. The van der Waals surface area contributed by atoms with E-state index in [1.165, 1.54) is 6.07 Å². The number of nitrogens with zero attached hydrogens (tertiary/aromatic N) is 1. The predicted molar refractivity (Wildman–Crippen MR) is 71.4 cm³/mol. The standard InChI is InChI=1S/C12H15N3O3S/c1-3-13-12(16)8(2)14-11-9-6-4-5-7-10(9)19(17,18)15-11/h4-8H,3H2,1-2H3,(H,13,16)(H,14,15). The molecule has 102 valence electrons. The van der Waals surface area contributed by atoms with Gasteiger partial charge in [-0.15, -0.1) is 0 Å². The van der Waals surface area contributed by atoms with Crippen LogP contribution in [0.15, 0.2) is 34.2 Å². The van der Waals surface area contributed by atoms with Gasteiger partial charge in [0.05, 0.1) is 4.90 Å². The molecule has 6 nitrogen and oxygen atoms in total. The fourth-order valence-electron chi connectivity index (χ4n) is 1.80. The molecule has 0 spiro atoms. The van der Waals surface area contributed by atoms with Gasteiger partial charge in [-0.25, -0.2) is 8.42 Å². The van der Waals surface area contributed by atoms with Crippen LogP contribution in [0.4, 0.5) is 0 Å². The monoisotopic (exact) mass is 281 g/mol. The fraction of sp³-hybridized carbons (Fsp3) is 0.333. The Hall–Kier alpha value is -1.89. The number of aliphatic imine (C=N–C) groups is 1. The lowest BCUT2D eigenvalue weighted by atomic mass is 10.2. The van der Waals surface area contributed by atoms with Gasteiger partial charge >= 0.3 is 0 Å². The van der Waals surface area contributed by atoms with Gasteiger partial charge < -0.3 is 5.32 Å². The third-order valence-electron chi connectivity index (χ3n) is 2.72. The maximum atomic E-state index is 11.8. The molecule has 1 aromatic rings. The summed E-state index contributed by atoms with van der Waals surface area (Å²) in [4.78, 5) is 15.9. The number of rotatable bonds is 3. The highest BCUT2D eigenvalue weighted by Gasteiger charge is 2.30. The van der Waals surface area contributed by atoms with E-state index in [-0.39, 0.29) is 16.6 Å².